The summed E-state index contributed by atoms with van der Waals surface area (Å²) >= 11 is 0. The Bertz CT molecular complexity index is 514. The Morgan fingerprint density at radius 3 is 3.05 bits per heavy atom. The Morgan fingerprint density at radius 2 is 2.32 bits per heavy atom. The molecule has 3 N–H and O–H groups in total. The highest BCUT2D eigenvalue weighted by molar-refractivity contribution is 5.94. The molecular weight excluding hydrogens is 244 g/mol. The van der Waals surface area contributed by atoms with Gasteiger partial charge in [0.1, 0.15) is 5.69 Å². The van der Waals surface area contributed by atoms with Crippen molar-refractivity contribution in [2.75, 3.05) is 18.8 Å². The summed E-state index contributed by atoms with van der Waals surface area (Å²) in [5.74, 6) is -0.120. The maximum atomic E-state index is 12.4. The fourth-order valence-corrected chi connectivity index (χ4v) is 2.88. The van der Waals surface area contributed by atoms with Gasteiger partial charge in [-0.05, 0) is 25.0 Å². The fourth-order valence-electron chi connectivity index (χ4n) is 2.88. The molecule has 0 bridgehead atoms. The van der Waals surface area contributed by atoms with E-state index in [1.54, 1.807) is 17.0 Å². The molecule has 2 saturated heterocycles. The number of rotatable bonds is 1. The van der Waals surface area contributed by atoms with E-state index < -0.39 is 0 Å². The van der Waals surface area contributed by atoms with Gasteiger partial charge in [-0.3, -0.25) is 9.59 Å². The lowest BCUT2D eigenvalue weighted by atomic mass is 9.91. The smallest absolute Gasteiger partial charge is 0.272 e. The van der Waals surface area contributed by atoms with Gasteiger partial charge in [0.05, 0.1) is 23.8 Å². The average Bonchev–Trinajstić information content (AvgIpc) is 2.81. The number of nitrogens with two attached hydrogens (primary N) is 1. The van der Waals surface area contributed by atoms with Gasteiger partial charge in [-0.15, -0.1) is 0 Å². The van der Waals surface area contributed by atoms with Gasteiger partial charge < -0.3 is 16.0 Å². The van der Waals surface area contributed by atoms with Crippen LogP contribution < -0.4 is 11.1 Å². The Balaban J connectivity index is 1.83. The third kappa shape index (κ3) is 2.03. The largest absolute Gasteiger partial charge is 0.397 e. The number of pyridine rings is 1. The van der Waals surface area contributed by atoms with E-state index in [2.05, 4.69) is 10.3 Å². The van der Waals surface area contributed by atoms with Gasteiger partial charge in [0.15, 0.2) is 0 Å². The molecule has 6 heteroatoms. The van der Waals surface area contributed by atoms with Gasteiger partial charge in [0.25, 0.3) is 5.91 Å². The molecule has 2 aliphatic heterocycles. The van der Waals surface area contributed by atoms with Gasteiger partial charge in [-0.25, -0.2) is 4.98 Å². The molecule has 6 nitrogen and oxygen atoms in total. The second kappa shape index (κ2) is 4.53. The highest BCUT2D eigenvalue weighted by Crippen LogP contribution is 2.28. The van der Waals surface area contributed by atoms with Crippen molar-refractivity contribution in [3.8, 4) is 0 Å². The number of carbonyl (C=O) groups excluding carboxylic acids is 2. The van der Waals surface area contributed by atoms with E-state index in [1.807, 2.05) is 0 Å². The van der Waals surface area contributed by atoms with Crippen molar-refractivity contribution in [3.05, 3.63) is 24.0 Å². The summed E-state index contributed by atoms with van der Waals surface area (Å²) in [4.78, 5) is 30.0. The first-order chi connectivity index (χ1) is 9.16. The fraction of sp³-hybridized carbons (Fsp3) is 0.462. The molecule has 2 atom stereocenters. The van der Waals surface area contributed by atoms with Crippen molar-refractivity contribution in [1.82, 2.24) is 15.2 Å². The van der Waals surface area contributed by atoms with Crippen molar-refractivity contribution in [1.29, 1.82) is 0 Å². The molecule has 19 heavy (non-hydrogen) atoms. The van der Waals surface area contributed by atoms with Crippen LogP contribution in [0.1, 0.15) is 23.3 Å². The van der Waals surface area contributed by atoms with Crippen LogP contribution in [-0.4, -0.2) is 40.8 Å². The molecular formula is C13H16N4O2. The van der Waals surface area contributed by atoms with Crippen molar-refractivity contribution in [2.24, 2.45) is 5.92 Å². The highest BCUT2D eigenvalue weighted by atomic mass is 16.2. The van der Waals surface area contributed by atoms with Crippen molar-refractivity contribution in [3.63, 3.8) is 0 Å². The monoisotopic (exact) mass is 260 g/mol. The van der Waals surface area contributed by atoms with Crippen LogP contribution in [0.2, 0.25) is 0 Å². The summed E-state index contributed by atoms with van der Waals surface area (Å²) in [6.07, 6.45) is 3.19. The summed E-state index contributed by atoms with van der Waals surface area (Å²) in [7, 11) is 0. The minimum atomic E-state index is -0.119. The van der Waals surface area contributed by atoms with E-state index in [0.29, 0.717) is 24.5 Å². The second-order valence-corrected chi connectivity index (χ2v) is 5.04. The lowest BCUT2D eigenvalue weighted by Gasteiger charge is -2.35. The van der Waals surface area contributed by atoms with Crippen LogP contribution in [0.4, 0.5) is 5.69 Å². The molecule has 2 fully saturated rings. The molecule has 2 amide bonds. The molecule has 3 heterocycles. The van der Waals surface area contributed by atoms with E-state index in [4.69, 9.17) is 5.73 Å². The number of nitrogen functional groups attached to an aromatic ring is 1. The third-order valence-electron chi connectivity index (χ3n) is 3.87. The van der Waals surface area contributed by atoms with Crippen LogP contribution in [0, 0.1) is 5.92 Å². The number of nitrogens with one attached hydrogen (secondary N) is 1. The number of aromatic nitrogens is 1. The molecule has 0 spiro atoms. The van der Waals surface area contributed by atoms with Gasteiger partial charge in [0.2, 0.25) is 5.91 Å². The van der Waals surface area contributed by atoms with Gasteiger partial charge in [-0.1, -0.05) is 0 Å². The molecule has 0 saturated carbocycles. The lowest BCUT2D eigenvalue weighted by Crippen LogP contribution is -2.48. The van der Waals surface area contributed by atoms with Gasteiger partial charge in [-0.2, -0.15) is 0 Å². The lowest BCUT2D eigenvalue weighted by molar-refractivity contribution is -0.123. The minimum absolute atomic E-state index is 0.0342. The van der Waals surface area contributed by atoms with E-state index in [0.717, 1.165) is 12.8 Å². The first-order valence-electron chi connectivity index (χ1n) is 6.47. The quantitative estimate of drug-likeness (QED) is 0.744. The molecule has 2 unspecified atom stereocenters. The standard InChI is InChI=1S/C13H16N4O2/c14-8-3-4-10(15-6-8)13(19)17-5-1-2-9-11(17)7-16-12(9)18/h3-4,6,9,11H,1-2,5,7,14H2,(H,16,18). The first kappa shape index (κ1) is 12.0. The Kier molecular flexibility index (Phi) is 2.85. The highest BCUT2D eigenvalue weighted by Gasteiger charge is 2.42. The van der Waals surface area contributed by atoms with Crippen LogP contribution in [-0.2, 0) is 4.79 Å². The zero-order valence-corrected chi connectivity index (χ0v) is 10.5. The average molecular weight is 260 g/mol. The van der Waals surface area contributed by atoms with Gasteiger partial charge in [0, 0.05) is 13.1 Å². The summed E-state index contributed by atoms with van der Waals surface area (Å²) in [6, 6.07) is 3.26. The van der Waals surface area contributed by atoms with Crippen LogP contribution in [0.3, 0.4) is 0 Å². The van der Waals surface area contributed by atoms with E-state index in [-0.39, 0.29) is 23.8 Å². The normalized spacial score (nSPS) is 25.9. The van der Waals surface area contributed by atoms with E-state index >= 15 is 0 Å². The van der Waals surface area contributed by atoms with Crippen molar-refractivity contribution >= 4 is 17.5 Å². The Labute approximate surface area is 111 Å². The van der Waals surface area contributed by atoms with Crippen molar-refractivity contribution < 1.29 is 9.59 Å². The number of piperidine rings is 1. The number of likely N-dealkylation sites (tertiary alicyclic amines) is 1. The zero-order chi connectivity index (χ0) is 13.4. The summed E-state index contributed by atoms with van der Waals surface area (Å²) in [5, 5.41) is 2.83. The van der Waals surface area contributed by atoms with Gasteiger partial charge >= 0.3 is 0 Å². The molecule has 1 aromatic heterocycles. The maximum Gasteiger partial charge on any atom is 0.272 e. The predicted octanol–water partition coefficient (Wildman–Crippen LogP) is 0.0144. The number of nitrogens with zero attached hydrogens (tertiary/aromatic N) is 2. The summed E-state index contributed by atoms with van der Waals surface area (Å²) in [5.41, 5.74) is 6.48. The topological polar surface area (TPSA) is 88.3 Å². The predicted molar refractivity (Wildman–Crippen MR) is 69.2 cm³/mol. The zero-order valence-electron chi connectivity index (χ0n) is 10.5. The van der Waals surface area contributed by atoms with E-state index in [9.17, 15) is 9.59 Å². The molecule has 100 valence electrons. The molecule has 0 aliphatic carbocycles. The number of hydrogen-bond donors (Lipinski definition) is 2. The second-order valence-electron chi connectivity index (χ2n) is 5.04. The van der Waals surface area contributed by atoms with Crippen molar-refractivity contribution in [2.45, 2.75) is 18.9 Å². The maximum absolute atomic E-state index is 12.4. The number of amides is 2. The Hall–Kier alpha value is -2.11. The summed E-state index contributed by atoms with van der Waals surface area (Å²) in [6.45, 7) is 1.23. The molecule has 0 radical (unpaired) electrons. The Morgan fingerprint density at radius 1 is 1.47 bits per heavy atom. The summed E-state index contributed by atoms with van der Waals surface area (Å²) < 4.78 is 0. The number of anilines is 1. The van der Waals surface area contributed by atoms with Crippen LogP contribution in [0.5, 0.6) is 0 Å². The number of fused-ring (bicyclic) bond motifs is 1. The molecule has 2 aliphatic rings. The molecule has 0 aromatic carbocycles. The minimum Gasteiger partial charge on any atom is -0.397 e. The van der Waals surface area contributed by atoms with E-state index in [1.165, 1.54) is 6.20 Å². The first-order valence-corrected chi connectivity index (χ1v) is 6.47. The van der Waals surface area contributed by atoms with Crippen LogP contribution >= 0.6 is 0 Å². The third-order valence-corrected chi connectivity index (χ3v) is 3.87. The van der Waals surface area contributed by atoms with Crippen LogP contribution in [0.25, 0.3) is 0 Å². The molecule has 1 aromatic rings. The molecule has 3 rings (SSSR count). The number of carbonyl (C=O) groups is 2. The van der Waals surface area contributed by atoms with Crippen LogP contribution in [0.15, 0.2) is 18.3 Å². The SMILES string of the molecule is Nc1ccc(C(=O)N2CCCC3C(=O)NCC32)nc1. The number of hydrogen-bond acceptors (Lipinski definition) is 4.